The maximum Gasteiger partial charge on any atom is 0.191 e. The molecule has 1 aromatic carbocycles. The van der Waals surface area contributed by atoms with Gasteiger partial charge in [0.15, 0.2) is 5.96 Å². The number of methoxy groups -OCH3 is 1. The Morgan fingerprint density at radius 3 is 2.75 bits per heavy atom. The summed E-state index contributed by atoms with van der Waals surface area (Å²) in [6, 6.07) is 13.3. The number of benzene rings is 1. The van der Waals surface area contributed by atoms with Crippen LogP contribution in [0.3, 0.4) is 0 Å². The molecular weight excluding hydrogens is 368 g/mol. The normalized spacial score (nSPS) is 20.9. The average molecular weight is 401 g/mol. The Balaban J connectivity index is 1.58. The van der Waals surface area contributed by atoms with Crippen molar-refractivity contribution in [1.29, 1.82) is 0 Å². The highest BCUT2D eigenvalue weighted by molar-refractivity contribution is 7.10. The van der Waals surface area contributed by atoms with Gasteiger partial charge in [0.1, 0.15) is 0 Å². The van der Waals surface area contributed by atoms with E-state index in [9.17, 15) is 0 Å². The van der Waals surface area contributed by atoms with Gasteiger partial charge in [0.2, 0.25) is 0 Å². The number of ether oxygens (including phenoxy) is 1. The summed E-state index contributed by atoms with van der Waals surface area (Å²) in [7, 11) is 5.81. The van der Waals surface area contributed by atoms with Gasteiger partial charge >= 0.3 is 0 Å². The Bertz CT molecular complexity index is 747. The van der Waals surface area contributed by atoms with Crippen LogP contribution in [-0.2, 0) is 17.9 Å². The number of nitrogens with one attached hydrogen (secondary N) is 2. The molecule has 2 heterocycles. The monoisotopic (exact) mass is 400 g/mol. The molecule has 2 N–H and O–H groups in total. The van der Waals surface area contributed by atoms with Crippen LogP contribution >= 0.6 is 11.3 Å². The van der Waals surface area contributed by atoms with E-state index in [2.05, 4.69) is 69.4 Å². The molecule has 0 saturated carbocycles. The Labute approximate surface area is 172 Å². The number of piperidine rings is 1. The number of hydrogen-bond donors (Lipinski definition) is 2. The van der Waals surface area contributed by atoms with E-state index in [0.717, 1.165) is 19.0 Å². The summed E-state index contributed by atoms with van der Waals surface area (Å²) in [4.78, 5) is 8.38. The predicted molar refractivity (Wildman–Crippen MR) is 118 cm³/mol. The largest absolute Gasteiger partial charge is 0.380 e. The van der Waals surface area contributed by atoms with E-state index in [-0.39, 0.29) is 0 Å². The number of guanidine groups is 1. The third kappa shape index (κ3) is 5.34. The van der Waals surface area contributed by atoms with Crippen molar-refractivity contribution in [3.8, 4) is 0 Å². The molecule has 2 atom stereocenters. The third-order valence-corrected chi connectivity index (χ3v) is 6.40. The zero-order valence-corrected chi connectivity index (χ0v) is 18.0. The molecule has 28 heavy (non-hydrogen) atoms. The molecule has 2 unspecified atom stereocenters. The van der Waals surface area contributed by atoms with Gasteiger partial charge in [0, 0.05) is 38.2 Å². The lowest BCUT2D eigenvalue weighted by molar-refractivity contribution is 0.125. The van der Waals surface area contributed by atoms with E-state index in [1.807, 2.05) is 18.4 Å². The average Bonchev–Trinajstić information content (AvgIpc) is 3.24. The number of thiophene rings is 1. The smallest absolute Gasteiger partial charge is 0.191 e. The van der Waals surface area contributed by atoms with E-state index >= 15 is 0 Å². The minimum atomic E-state index is 0.488. The highest BCUT2D eigenvalue weighted by Gasteiger charge is 2.31. The molecule has 0 aliphatic carbocycles. The van der Waals surface area contributed by atoms with Crippen LogP contribution in [0, 0.1) is 5.92 Å². The number of aliphatic imine (C=N–C) groups is 1. The molecule has 6 heteroatoms. The second kappa shape index (κ2) is 10.6. The summed E-state index contributed by atoms with van der Waals surface area (Å²) >= 11 is 1.86. The summed E-state index contributed by atoms with van der Waals surface area (Å²) in [5.74, 6) is 1.43. The quantitative estimate of drug-likeness (QED) is 0.550. The minimum Gasteiger partial charge on any atom is -0.380 e. The molecule has 0 bridgehead atoms. The first-order chi connectivity index (χ1) is 13.7. The lowest BCUT2D eigenvalue weighted by atomic mass is 9.88. The van der Waals surface area contributed by atoms with Crippen molar-refractivity contribution in [2.75, 3.05) is 34.3 Å². The predicted octanol–water partition coefficient (Wildman–Crippen LogP) is 3.64. The topological polar surface area (TPSA) is 48.9 Å². The molecule has 5 nitrogen and oxygen atoms in total. The van der Waals surface area contributed by atoms with Gasteiger partial charge in [-0.25, -0.2) is 0 Å². The van der Waals surface area contributed by atoms with Gasteiger partial charge in [-0.05, 0) is 54.9 Å². The molecule has 2 aromatic rings. The fourth-order valence-corrected chi connectivity index (χ4v) is 5.02. The van der Waals surface area contributed by atoms with Crippen LogP contribution in [0.2, 0.25) is 0 Å². The van der Waals surface area contributed by atoms with Crippen LogP contribution in [0.1, 0.15) is 34.9 Å². The van der Waals surface area contributed by atoms with Crippen molar-refractivity contribution in [1.82, 2.24) is 15.5 Å². The highest BCUT2D eigenvalue weighted by Crippen LogP contribution is 2.36. The fourth-order valence-electron chi connectivity index (χ4n) is 4.04. The second-order valence-corrected chi connectivity index (χ2v) is 8.33. The molecule has 3 rings (SSSR count). The molecule has 1 aliphatic rings. The fraction of sp³-hybridized carbons (Fsp3) is 0.500. The summed E-state index contributed by atoms with van der Waals surface area (Å²) in [6.45, 7) is 3.45. The highest BCUT2D eigenvalue weighted by atomic mass is 32.1. The second-order valence-electron chi connectivity index (χ2n) is 7.35. The summed E-state index contributed by atoms with van der Waals surface area (Å²) in [5, 5.41) is 9.20. The number of hydrogen-bond acceptors (Lipinski definition) is 4. The van der Waals surface area contributed by atoms with Crippen LogP contribution in [0.25, 0.3) is 0 Å². The van der Waals surface area contributed by atoms with Crippen molar-refractivity contribution in [3.05, 3.63) is 57.8 Å². The maximum absolute atomic E-state index is 5.31. The Hall–Kier alpha value is -1.89. The van der Waals surface area contributed by atoms with Crippen LogP contribution in [0.5, 0.6) is 0 Å². The van der Waals surface area contributed by atoms with Gasteiger partial charge < -0.3 is 15.4 Å². The van der Waals surface area contributed by atoms with Crippen LogP contribution < -0.4 is 10.6 Å². The van der Waals surface area contributed by atoms with Crippen molar-refractivity contribution in [2.45, 2.75) is 32.0 Å². The minimum absolute atomic E-state index is 0.488. The van der Waals surface area contributed by atoms with Gasteiger partial charge in [-0.2, -0.15) is 0 Å². The van der Waals surface area contributed by atoms with Gasteiger partial charge in [0.25, 0.3) is 0 Å². The lowest BCUT2D eigenvalue weighted by Crippen LogP contribution is -2.44. The Morgan fingerprint density at radius 2 is 2.04 bits per heavy atom. The summed E-state index contributed by atoms with van der Waals surface area (Å²) in [5.41, 5.74) is 2.45. The van der Waals surface area contributed by atoms with E-state index in [0.29, 0.717) is 18.6 Å². The summed E-state index contributed by atoms with van der Waals surface area (Å²) in [6.07, 6.45) is 2.49. The molecule has 1 aromatic heterocycles. The van der Waals surface area contributed by atoms with Crippen molar-refractivity contribution in [2.24, 2.45) is 10.9 Å². The van der Waals surface area contributed by atoms with Crippen molar-refractivity contribution >= 4 is 17.3 Å². The molecular formula is C22H32N4OS. The van der Waals surface area contributed by atoms with E-state index in [1.165, 1.54) is 35.4 Å². The first kappa shape index (κ1) is 20.8. The number of likely N-dealkylation sites (tertiary alicyclic amines) is 1. The van der Waals surface area contributed by atoms with Crippen LogP contribution in [-0.4, -0.2) is 45.2 Å². The molecule has 0 amide bonds. The van der Waals surface area contributed by atoms with Gasteiger partial charge in [-0.3, -0.25) is 9.89 Å². The molecule has 1 aliphatic heterocycles. The van der Waals surface area contributed by atoms with Gasteiger partial charge in [-0.1, -0.05) is 30.3 Å². The first-order valence-electron chi connectivity index (χ1n) is 9.96. The molecule has 0 spiro atoms. The van der Waals surface area contributed by atoms with Crippen molar-refractivity contribution in [3.63, 3.8) is 0 Å². The Morgan fingerprint density at radius 1 is 1.21 bits per heavy atom. The van der Waals surface area contributed by atoms with Crippen molar-refractivity contribution < 1.29 is 4.74 Å². The third-order valence-electron chi connectivity index (χ3n) is 5.46. The van der Waals surface area contributed by atoms with E-state index in [4.69, 9.17) is 4.74 Å². The molecule has 1 saturated heterocycles. The Kier molecular flexibility index (Phi) is 7.89. The SMILES string of the molecule is CN=C(NCc1ccccc1COC)NCC1CCCN(C)C1c1cccs1. The van der Waals surface area contributed by atoms with Crippen LogP contribution in [0.15, 0.2) is 46.8 Å². The van der Waals surface area contributed by atoms with Crippen LogP contribution in [0.4, 0.5) is 0 Å². The zero-order valence-electron chi connectivity index (χ0n) is 17.1. The molecule has 0 radical (unpaired) electrons. The number of rotatable bonds is 7. The first-order valence-corrected chi connectivity index (χ1v) is 10.8. The van der Waals surface area contributed by atoms with E-state index in [1.54, 1.807) is 7.11 Å². The number of nitrogens with zero attached hydrogens (tertiary/aromatic N) is 2. The zero-order chi connectivity index (χ0) is 19.8. The van der Waals surface area contributed by atoms with E-state index < -0.39 is 0 Å². The summed E-state index contributed by atoms with van der Waals surface area (Å²) < 4.78 is 5.31. The van der Waals surface area contributed by atoms with Gasteiger partial charge in [-0.15, -0.1) is 11.3 Å². The van der Waals surface area contributed by atoms with Gasteiger partial charge in [0.05, 0.1) is 6.61 Å². The maximum atomic E-state index is 5.31. The standard InChI is InChI=1S/C22H32N4OS/c1-23-22(24-14-17-8-4-5-9-19(17)16-27-3)25-15-18-10-6-12-26(2)21(18)20-11-7-13-28-20/h4-5,7-9,11,13,18,21H,6,10,12,14-16H2,1-3H3,(H2,23,24,25). The lowest BCUT2D eigenvalue weighted by Gasteiger charge is -2.39. The molecule has 152 valence electrons. The molecule has 1 fully saturated rings.